The standard InChI is InChI=1S/C22H22FNO4S/c1-14-11-19(15(2)24(14)9-8-17-5-4-10-29-17)21(25)13-28-22(26)18-7-6-16(27-3)12-20(18)23/h4-7,10-12H,8-9,13H2,1-3H3. The van der Waals surface area contributed by atoms with Gasteiger partial charge in [0.2, 0.25) is 5.78 Å². The second kappa shape index (κ2) is 9.05. The number of benzene rings is 1. The van der Waals surface area contributed by atoms with Crippen LogP contribution in [0.25, 0.3) is 0 Å². The number of hydrogen-bond acceptors (Lipinski definition) is 5. The van der Waals surface area contributed by atoms with E-state index in [4.69, 9.17) is 9.47 Å². The van der Waals surface area contributed by atoms with Crippen molar-refractivity contribution in [2.24, 2.45) is 0 Å². The number of ketones is 1. The molecule has 0 radical (unpaired) electrons. The van der Waals surface area contributed by atoms with E-state index in [9.17, 15) is 14.0 Å². The quantitative estimate of drug-likeness (QED) is 0.399. The number of carbonyl (C=O) groups excluding carboxylic acids is 2. The first kappa shape index (κ1) is 20.8. The van der Waals surface area contributed by atoms with Crippen LogP contribution < -0.4 is 4.74 Å². The van der Waals surface area contributed by atoms with Gasteiger partial charge in [-0.1, -0.05) is 6.07 Å². The second-order valence-electron chi connectivity index (χ2n) is 6.61. The molecule has 2 aromatic heterocycles. The lowest BCUT2D eigenvalue weighted by Crippen LogP contribution is -2.16. The van der Waals surface area contributed by atoms with Crippen molar-refractivity contribution in [1.82, 2.24) is 4.57 Å². The number of ether oxygens (including phenoxy) is 2. The first-order valence-corrected chi connectivity index (χ1v) is 10.0. The number of Topliss-reactive ketones (excluding diaryl/α,β-unsaturated/α-hetero) is 1. The van der Waals surface area contributed by atoms with Gasteiger partial charge in [-0.2, -0.15) is 0 Å². The molecule has 3 aromatic rings. The van der Waals surface area contributed by atoms with Crippen LogP contribution in [0.3, 0.4) is 0 Å². The minimum absolute atomic E-state index is 0.236. The van der Waals surface area contributed by atoms with E-state index in [1.54, 1.807) is 17.4 Å². The minimum Gasteiger partial charge on any atom is -0.497 e. The van der Waals surface area contributed by atoms with Gasteiger partial charge in [0.1, 0.15) is 11.6 Å². The van der Waals surface area contributed by atoms with Gasteiger partial charge < -0.3 is 14.0 Å². The number of halogens is 1. The number of methoxy groups -OCH3 is 1. The Hall–Kier alpha value is -2.93. The number of carbonyl (C=O) groups is 2. The normalized spacial score (nSPS) is 10.8. The molecular formula is C22H22FNO4S. The van der Waals surface area contributed by atoms with Gasteiger partial charge in [-0.25, -0.2) is 9.18 Å². The molecular weight excluding hydrogens is 393 g/mol. The fourth-order valence-corrected chi connectivity index (χ4v) is 3.88. The molecule has 0 saturated heterocycles. The van der Waals surface area contributed by atoms with Crippen molar-refractivity contribution in [3.63, 3.8) is 0 Å². The molecule has 0 atom stereocenters. The first-order valence-electron chi connectivity index (χ1n) is 9.13. The van der Waals surface area contributed by atoms with Gasteiger partial charge >= 0.3 is 5.97 Å². The lowest BCUT2D eigenvalue weighted by atomic mass is 10.1. The van der Waals surface area contributed by atoms with Crippen LogP contribution in [0.5, 0.6) is 5.75 Å². The zero-order valence-corrected chi connectivity index (χ0v) is 17.3. The van der Waals surface area contributed by atoms with E-state index < -0.39 is 18.4 Å². The predicted octanol–water partition coefficient (Wildman–Crippen LogP) is 4.60. The third-order valence-corrected chi connectivity index (χ3v) is 5.70. The summed E-state index contributed by atoms with van der Waals surface area (Å²) >= 11 is 1.70. The lowest BCUT2D eigenvalue weighted by Gasteiger charge is -2.09. The second-order valence-corrected chi connectivity index (χ2v) is 7.64. The fraction of sp³-hybridized carbons (Fsp3) is 0.273. The van der Waals surface area contributed by atoms with Crippen molar-refractivity contribution in [2.75, 3.05) is 13.7 Å². The Morgan fingerprint density at radius 1 is 1.14 bits per heavy atom. The minimum atomic E-state index is -0.884. The molecule has 2 heterocycles. The van der Waals surface area contributed by atoms with Crippen LogP contribution in [-0.4, -0.2) is 30.0 Å². The van der Waals surface area contributed by atoms with Crippen molar-refractivity contribution in [3.8, 4) is 5.75 Å². The predicted molar refractivity (Wildman–Crippen MR) is 109 cm³/mol. The summed E-state index contributed by atoms with van der Waals surface area (Å²) in [5, 5.41) is 2.04. The maximum Gasteiger partial charge on any atom is 0.341 e. The number of aryl methyl sites for hydroxylation is 2. The molecule has 29 heavy (non-hydrogen) atoms. The Morgan fingerprint density at radius 2 is 1.93 bits per heavy atom. The molecule has 152 valence electrons. The summed E-state index contributed by atoms with van der Waals surface area (Å²) in [6.07, 6.45) is 0.882. The monoisotopic (exact) mass is 415 g/mol. The molecule has 3 rings (SSSR count). The number of esters is 1. The number of rotatable bonds is 8. The molecule has 0 aliphatic heterocycles. The van der Waals surface area contributed by atoms with Crippen LogP contribution in [0, 0.1) is 19.7 Å². The zero-order chi connectivity index (χ0) is 21.0. The third-order valence-electron chi connectivity index (χ3n) is 4.77. The molecule has 0 aliphatic rings. The molecule has 0 amide bonds. The van der Waals surface area contributed by atoms with Gasteiger partial charge in [-0.3, -0.25) is 4.79 Å². The summed E-state index contributed by atoms with van der Waals surface area (Å²) in [5.74, 6) is -1.66. The number of aromatic nitrogens is 1. The lowest BCUT2D eigenvalue weighted by molar-refractivity contribution is 0.0470. The van der Waals surface area contributed by atoms with Gasteiger partial charge in [-0.05, 0) is 49.9 Å². The highest BCUT2D eigenvalue weighted by molar-refractivity contribution is 7.09. The molecule has 0 spiro atoms. The topological polar surface area (TPSA) is 57.5 Å². The maximum atomic E-state index is 14.0. The fourth-order valence-electron chi connectivity index (χ4n) is 3.18. The molecule has 0 saturated carbocycles. The molecule has 0 unspecified atom stereocenters. The van der Waals surface area contributed by atoms with Crippen molar-refractivity contribution >= 4 is 23.1 Å². The summed E-state index contributed by atoms with van der Waals surface area (Å²) in [4.78, 5) is 26.0. The van der Waals surface area contributed by atoms with Gasteiger partial charge in [-0.15, -0.1) is 11.3 Å². The Bertz CT molecular complexity index is 1020. The molecule has 0 bridgehead atoms. The van der Waals surface area contributed by atoms with Gasteiger partial charge in [0, 0.05) is 34.4 Å². The summed E-state index contributed by atoms with van der Waals surface area (Å²) in [5.41, 5.74) is 2.07. The molecule has 0 aliphatic carbocycles. The van der Waals surface area contributed by atoms with Crippen molar-refractivity contribution in [1.29, 1.82) is 0 Å². The van der Waals surface area contributed by atoms with Gasteiger partial charge in [0.15, 0.2) is 6.61 Å². The summed E-state index contributed by atoms with van der Waals surface area (Å²) in [6, 6.07) is 9.74. The van der Waals surface area contributed by atoms with Crippen LogP contribution >= 0.6 is 11.3 Å². The average molecular weight is 415 g/mol. The highest BCUT2D eigenvalue weighted by Gasteiger charge is 2.19. The van der Waals surface area contributed by atoms with Crippen molar-refractivity contribution < 1.29 is 23.5 Å². The highest BCUT2D eigenvalue weighted by atomic mass is 32.1. The van der Waals surface area contributed by atoms with Crippen LogP contribution in [0.4, 0.5) is 4.39 Å². The van der Waals surface area contributed by atoms with Crippen LogP contribution in [0.2, 0.25) is 0 Å². The Labute approximate surface area is 172 Å². The van der Waals surface area contributed by atoms with E-state index in [-0.39, 0.29) is 11.3 Å². The van der Waals surface area contributed by atoms with E-state index in [0.29, 0.717) is 11.3 Å². The zero-order valence-electron chi connectivity index (χ0n) is 16.5. The molecule has 5 nitrogen and oxygen atoms in total. The first-order chi connectivity index (χ1) is 13.9. The van der Waals surface area contributed by atoms with E-state index in [1.807, 2.05) is 25.3 Å². The van der Waals surface area contributed by atoms with Crippen LogP contribution in [0.1, 0.15) is 37.0 Å². The summed E-state index contributed by atoms with van der Waals surface area (Å²) < 4.78 is 26.0. The smallest absolute Gasteiger partial charge is 0.341 e. The number of thiophene rings is 1. The van der Waals surface area contributed by atoms with Crippen molar-refractivity contribution in [2.45, 2.75) is 26.8 Å². The molecule has 0 fully saturated rings. The van der Waals surface area contributed by atoms with Gasteiger partial charge in [0.25, 0.3) is 0 Å². The average Bonchev–Trinajstić information content (AvgIpc) is 3.32. The van der Waals surface area contributed by atoms with E-state index in [0.717, 1.165) is 30.4 Å². The van der Waals surface area contributed by atoms with Crippen LogP contribution in [-0.2, 0) is 17.7 Å². The largest absolute Gasteiger partial charge is 0.497 e. The van der Waals surface area contributed by atoms with E-state index in [2.05, 4.69) is 10.6 Å². The SMILES string of the molecule is COc1ccc(C(=O)OCC(=O)c2cc(C)n(CCc3cccs3)c2C)c(F)c1. The van der Waals surface area contributed by atoms with Crippen LogP contribution in [0.15, 0.2) is 41.8 Å². The maximum absolute atomic E-state index is 14.0. The molecule has 0 N–H and O–H groups in total. The number of hydrogen-bond donors (Lipinski definition) is 0. The highest BCUT2D eigenvalue weighted by Crippen LogP contribution is 2.20. The van der Waals surface area contributed by atoms with Crippen molar-refractivity contribution in [3.05, 3.63) is 75.0 Å². The summed E-state index contributed by atoms with van der Waals surface area (Å²) in [7, 11) is 1.41. The Morgan fingerprint density at radius 3 is 2.59 bits per heavy atom. The summed E-state index contributed by atoms with van der Waals surface area (Å²) in [6.45, 7) is 4.14. The third kappa shape index (κ3) is 4.74. The molecule has 7 heteroatoms. The van der Waals surface area contributed by atoms with Gasteiger partial charge in [0.05, 0.1) is 12.7 Å². The van der Waals surface area contributed by atoms with E-state index >= 15 is 0 Å². The van der Waals surface area contributed by atoms with E-state index in [1.165, 1.54) is 24.1 Å². The Kier molecular flexibility index (Phi) is 6.49. The molecule has 1 aromatic carbocycles. The number of nitrogens with zero attached hydrogens (tertiary/aromatic N) is 1. The Balaban J connectivity index is 1.65.